The molecule has 94 valence electrons. The molecule has 0 spiro atoms. The molecule has 0 saturated heterocycles. The molecule has 1 amide bonds. The second kappa shape index (κ2) is 4.91. The van der Waals surface area contributed by atoms with Gasteiger partial charge in [-0.05, 0) is 19.9 Å². The van der Waals surface area contributed by atoms with Gasteiger partial charge in [-0.1, -0.05) is 11.6 Å². The number of rotatable bonds is 2. The van der Waals surface area contributed by atoms with Crippen LogP contribution in [0.25, 0.3) is 0 Å². The molecule has 0 aliphatic carbocycles. The van der Waals surface area contributed by atoms with Crippen LogP contribution in [0, 0.1) is 0 Å². The van der Waals surface area contributed by atoms with Gasteiger partial charge in [-0.3, -0.25) is 4.79 Å². The van der Waals surface area contributed by atoms with Crippen molar-refractivity contribution in [3.8, 4) is 0 Å². The fourth-order valence-corrected chi connectivity index (χ4v) is 1.34. The van der Waals surface area contributed by atoms with Crippen molar-refractivity contribution in [2.24, 2.45) is 0 Å². The topological polar surface area (TPSA) is 42.0 Å². The van der Waals surface area contributed by atoms with Crippen LogP contribution in [0.1, 0.15) is 29.9 Å². The van der Waals surface area contributed by atoms with Crippen molar-refractivity contribution in [2.45, 2.75) is 26.1 Å². The zero-order valence-corrected chi connectivity index (χ0v) is 9.86. The van der Waals surface area contributed by atoms with Crippen molar-refractivity contribution in [1.29, 1.82) is 0 Å². The van der Waals surface area contributed by atoms with Crippen molar-refractivity contribution in [3.63, 3.8) is 0 Å². The molecule has 1 aromatic rings. The zero-order valence-electron chi connectivity index (χ0n) is 9.10. The van der Waals surface area contributed by atoms with E-state index in [-0.39, 0.29) is 16.8 Å². The highest BCUT2D eigenvalue weighted by atomic mass is 35.5. The Morgan fingerprint density at radius 1 is 1.47 bits per heavy atom. The Hall–Kier alpha value is -1.30. The average Bonchev–Trinajstić information content (AvgIpc) is 2.14. The van der Waals surface area contributed by atoms with Crippen molar-refractivity contribution < 1.29 is 18.0 Å². The van der Waals surface area contributed by atoms with Gasteiger partial charge in [0.15, 0.2) is 0 Å². The molecule has 0 saturated carbocycles. The first kappa shape index (κ1) is 13.8. The highest BCUT2D eigenvalue weighted by Crippen LogP contribution is 2.30. The lowest BCUT2D eigenvalue weighted by Crippen LogP contribution is -2.31. The molecule has 0 aliphatic rings. The van der Waals surface area contributed by atoms with Gasteiger partial charge in [-0.25, -0.2) is 4.98 Å². The van der Waals surface area contributed by atoms with Gasteiger partial charge in [0.2, 0.25) is 0 Å². The van der Waals surface area contributed by atoms with Crippen molar-refractivity contribution >= 4 is 17.5 Å². The van der Waals surface area contributed by atoms with Gasteiger partial charge in [0, 0.05) is 12.2 Å². The third kappa shape index (κ3) is 3.59. The lowest BCUT2D eigenvalue weighted by Gasteiger charge is -2.11. The summed E-state index contributed by atoms with van der Waals surface area (Å²) in [5, 5.41) is 2.17. The minimum Gasteiger partial charge on any atom is -0.348 e. The van der Waals surface area contributed by atoms with Crippen LogP contribution in [0.3, 0.4) is 0 Å². The molecular formula is C10H10ClF3N2O. The Bertz CT molecular complexity index is 432. The summed E-state index contributed by atoms with van der Waals surface area (Å²) in [6.07, 6.45) is -3.94. The minimum atomic E-state index is -4.52. The summed E-state index contributed by atoms with van der Waals surface area (Å²) in [5.41, 5.74) is -1.20. The van der Waals surface area contributed by atoms with Crippen LogP contribution in [-0.2, 0) is 6.18 Å². The van der Waals surface area contributed by atoms with Crippen LogP contribution in [0.15, 0.2) is 12.3 Å². The molecule has 1 aromatic heterocycles. The largest absolute Gasteiger partial charge is 0.417 e. The Morgan fingerprint density at radius 2 is 2.06 bits per heavy atom. The fraction of sp³-hybridized carbons (Fsp3) is 0.400. The Labute approximate surface area is 101 Å². The third-order valence-electron chi connectivity index (χ3n) is 1.80. The van der Waals surface area contributed by atoms with E-state index in [1.54, 1.807) is 13.8 Å². The van der Waals surface area contributed by atoms with Gasteiger partial charge in [0.25, 0.3) is 5.91 Å². The number of hydrogen-bond donors (Lipinski definition) is 1. The van der Waals surface area contributed by atoms with Crippen LogP contribution < -0.4 is 5.32 Å². The Morgan fingerprint density at radius 3 is 2.47 bits per heavy atom. The molecule has 0 radical (unpaired) electrons. The minimum absolute atomic E-state index is 0.150. The normalized spacial score (nSPS) is 11.7. The average molecular weight is 267 g/mol. The van der Waals surface area contributed by atoms with Gasteiger partial charge >= 0.3 is 6.18 Å². The first-order valence-corrected chi connectivity index (χ1v) is 5.13. The molecule has 1 heterocycles. The number of hydrogen-bond acceptors (Lipinski definition) is 2. The smallest absolute Gasteiger partial charge is 0.348 e. The highest BCUT2D eigenvalue weighted by molar-refractivity contribution is 6.33. The maximum Gasteiger partial charge on any atom is 0.417 e. The van der Waals surface area contributed by atoms with Crippen LogP contribution in [-0.4, -0.2) is 16.9 Å². The summed E-state index contributed by atoms with van der Waals surface area (Å²) < 4.78 is 36.9. The predicted molar refractivity (Wildman–Crippen MR) is 56.9 cm³/mol. The Balaban J connectivity index is 3.02. The van der Waals surface area contributed by atoms with Crippen LogP contribution >= 0.6 is 11.6 Å². The third-order valence-corrected chi connectivity index (χ3v) is 2.09. The van der Waals surface area contributed by atoms with Gasteiger partial charge in [-0.15, -0.1) is 0 Å². The van der Waals surface area contributed by atoms with E-state index in [9.17, 15) is 18.0 Å². The second-order valence-electron chi connectivity index (χ2n) is 3.68. The molecular weight excluding hydrogens is 257 g/mol. The molecule has 1 N–H and O–H groups in total. The molecule has 0 fully saturated rings. The molecule has 3 nitrogen and oxygen atoms in total. The summed E-state index contributed by atoms with van der Waals surface area (Å²) in [6, 6.07) is 0.534. The molecule has 0 bridgehead atoms. The lowest BCUT2D eigenvalue weighted by atomic mass is 10.2. The van der Waals surface area contributed by atoms with Crippen molar-refractivity contribution in [2.75, 3.05) is 0 Å². The number of nitrogens with zero attached hydrogens (tertiary/aromatic N) is 1. The highest BCUT2D eigenvalue weighted by Gasteiger charge is 2.32. The Kier molecular flexibility index (Phi) is 3.98. The molecule has 1 rings (SSSR count). The van der Waals surface area contributed by atoms with E-state index in [4.69, 9.17) is 11.6 Å². The monoisotopic (exact) mass is 266 g/mol. The van der Waals surface area contributed by atoms with E-state index < -0.39 is 17.6 Å². The molecule has 17 heavy (non-hydrogen) atoms. The maximum atomic E-state index is 12.3. The van der Waals surface area contributed by atoms with Crippen LogP contribution in [0.4, 0.5) is 13.2 Å². The van der Waals surface area contributed by atoms with E-state index in [1.165, 1.54) is 0 Å². The molecule has 0 aliphatic heterocycles. The molecule has 0 aromatic carbocycles. The number of alkyl halides is 3. The van der Waals surface area contributed by atoms with E-state index in [1.807, 2.05) is 0 Å². The van der Waals surface area contributed by atoms with E-state index in [0.717, 1.165) is 0 Å². The SMILES string of the molecule is CC(C)NC(=O)c1ncc(C(F)(F)F)cc1Cl. The number of halogens is 4. The first-order chi connectivity index (χ1) is 7.71. The number of carbonyl (C=O) groups is 1. The lowest BCUT2D eigenvalue weighted by molar-refractivity contribution is -0.137. The van der Waals surface area contributed by atoms with E-state index in [2.05, 4.69) is 10.3 Å². The first-order valence-electron chi connectivity index (χ1n) is 4.75. The summed E-state index contributed by atoms with van der Waals surface area (Å²) in [6.45, 7) is 3.44. The van der Waals surface area contributed by atoms with Crippen molar-refractivity contribution in [3.05, 3.63) is 28.5 Å². The number of aromatic nitrogens is 1. The summed E-state index contributed by atoms with van der Waals surface area (Å²) in [5.74, 6) is -0.598. The summed E-state index contributed by atoms with van der Waals surface area (Å²) in [7, 11) is 0. The maximum absolute atomic E-state index is 12.3. The van der Waals surface area contributed by atoms with E-state index in [0.29, 0.717) is 12.3 Å². The predicted octanol–water partition coefficient (Wildman–Crippen LogP) is 2.89. The quantitative estimate of drug-likeness (QED) is 0.894. The number of carbonyl (C=O) groups excluding carboxylic acids is 1. The van der Waals surface area contributed by atoms with Crippen LogP contribution in [0.2, 0.25) is 5.02 Å². The molecule has 0 atom stereocenters. The number of pyridine rings is 1. The second-order valence-corrected chi connectivity index (χ2v) is 4.09. The van der Waals surface area contributed by atoms with Crippen LogP contribution in [0.5, 0.6) is 0 Å². The number of amides is 1. The molecule has 0 unspecified atom stereocenters. The van der Waals surface area contributed by atoms with Gasteiger partial charge in [0.05, 0.1) is 10.6 Å². The van der Waals surface area contributed by atoms with Gasteiger partial charge in [0.1, 0.15) is 5.69 Å². The summed E-state index contributed by atoms with van der Waals surface area (Å²) in [4.78, 5) is 14.9. The molecule has 7 heteroatoms. The van der Waals surface area contributed by atoms with Crippen molar-refractivity contribution in [1.82, 2.24) is 10.3 Å². The number of nitrogens with one attached hydrogen (secondary N) is 1. The summed E-state index contributed by atoms with van der Waals surface area (Å²) >= 11 is 5.59. The van der Waals surface area contributed by atoms with Gasteiger partial charge < -0.3 is 5.32 Å². The van der Waals surface area contributed by atoms with E-state index >= 15 is 0 Å². The zero-order chi connectivity index (χ0) is 13.2. The standard InChI is InChI=1S/C10H10ClF3N2O/c1-5(2)16-9(17)8-7(11)3-6(4-15-8)10(12,13)14/h3-5H,1-2H3,(H,16,17). The fourth-order valence-electron chi connectivity index (χ4n) is 1.09. The van der Waals surface area contributed by atoms with Gasteiger partial charge in [-0.2, -0.15) is 13.2 Å².